The molecule has 4 N–H and O–H groups in total. The predicted molar refractivity (Wildman–Crippen MR) is 107 cm³/mol. The standard InChI is InChI=1S/C20H19ClN4O3/c1-12(26)24-25-20(28)18(23-19(27)15-7-2-4-8-16(15)21)10-13-11-22-17-9-5-3-6-14(13)17/h2-9,11,18,22H,10H2,1H3,(H,23,27)(H,24,26)(H,25,28). The van der Waals surface area contributed by atoms with Crippen molar-refractivity contribution in [3.8, 4) is 0 Å². The Hall–Kier alpha value is -3.32. The maximum Gasteiger partial charge on any atom is 0.261 e. The van der Waals surface area contributed by atoms with Gasteiger partial charge in [0.1, 0.15) is 6.04 Å². The first-order valence-corrected chi connectivity index (χ1v) is 9.00. The zero-order chi connectivity index (χ0) is 20.1. The molecule has 0 fully saturated rings. The second kappa shape index (κ2) is 8.58. The molecule has 1 heterocycles. The Bertz CT molecular complexity index is 1030. The van der Waals surface area contributed by atoms with Gasteiger partial charge in [-0.2, -0.15) is 0 Å². The highest BCUT2D eigenvalue weighted by Crippen LogP contribution is 2.20. The third kappa shape index (κ3) is 4.50. The van der Waals surface area contributed by atoms with Crippen LogP contribution >= 0.6 is 11.6 Å². The minimum absolute atomic E-state index is 0.228. The molecule has 0 saturated heterocycles. The van der Waals surface area contributed by atoms with Crippen molar-refractivity contribution < 1.29 is 14.4 Å². The number of benzene rings is 2. The summed E-state index contributed by atoms with van der Waals surface area (Å²) in [4.78, 5) is 39.5. The fourth-order valence-corrected chi connectivity index (χ4v) is 3.07. The van der Waals surface area contributed by atoms with Crippen LogP contribution in [0.2, 0.25) is 5.02 Å². The summed E-state index contributed by atoms with van der Waals surface area (Å²) in [5.74, 6) is -1.44. The van der Waals surface area contributed by atoms with E-state index in [1.165, 1.54) is 6.92 Å². The number of aromatic nitrogens is 1. The summed E-state index contributed by atoms with van der Waals surface area (Å²) >= 11 is 6.08. The Balaban J connectivity index is 1.84. The van der Waals surface area contributed by atoms with E-state index in [1.54, 1.807) is 30.5 Å². The van der Waals surface area contributed by atoms with Gasteiger partial charge in [-0.3, -0.25) is 25.2 Å². The second-order valence-electron chi connectivity index (χ2n) is 6.24. The molecule has 8 heteroatoms. The molecular weight excluding hydrogens is 380 g/mol. The van der Waals surface area contributed by atoms with Gasteiger partial charge >= 0.3 is 0 Å². The van der Waals surface area contributed by atoms with Crippen molar-refractivity contribution in [2.45, 2.75) is 19.4 Å². The van der Waals surface area contributed by atoms with Crippen LogP contribution in [0.25, 0.3) is 10.9 Å². The molecule has 3 rings (SSSR count). The van der Waals surface area contributed by atoms with Gasteiger partial charge in [-0.25, -0.2) is 0 Å². The number of rotatable bonds is 5. The van der Waals surface area contributed by atoms with Crippen LogP contribution in [0, 0.1) is 0 Å². The summed E-state index contributed by atoms with van der Waals surface area (Å²) in [6.07, 6.45) is 2.02. The highest BCUT2D eigenvalue weighted by Gasteiger charge is 2.24. The summed E-state index contributed by atoms with van der Waals surface area (Å²) in [5, 5.41) is 3.94. The number of fused-ring (bicyclic) bond motifs is 1. The highest BCUT2D eigenvalue weighted by molar-refractivity contribution is 6.33. The first-order valence-electron chi connectivity index (χ1n) is 8.62. The zero-order valence-corrected chi connectivity index (χ0v) is 15.8. The molecule has 0 bridgehead atoms. The minimum Gasteiger partial charge on any atom is -0.361 e. The van der Waals surface area contributed by atoms with E-state index >= 15 is 0 Å². The number of H-pyrrole nitrogens is 1. The van der Waals surface area contributed by atoms with Crippen molar-refractivity contribution in [1.29, 1.82) is 0 Å². The molecule has 2 aromatic carbocycles. The fraction of sp³-hybridized carbons (Fsp3) is 0.150. The van der Waals surface area contributed by atoms with Crippen molar-refractivity contribution >= 4 is 40.2 Å². The molecule has 1 unspecified atom stereocenters. The predicted octanol–water partition coefficient (Wildman–Crippen LogP) is 2.33. The number of nitrogens with one attached hydrogen (secondary N) is 4. The molecule has 144 valence electrons. The normalized spacial score (nSPS) is 11.6. The Labute approximate surface area is 166 Å². The van der Waals surface area contributed by atoms with E-state index in [9.17, 15) is 14.4 Å². The molecule has 0 aliphatic heterocycles. The smallest absolute Gasteiger partial charge is 0.261 e. The summed E-state index contributed by atoms with van der Waals surface area (Å²) in [6, 6.07) is 13.3. The van der Waals surface area contributed by atoms with E-state index in [0.717, 1.165) is 16.5 Å². The molecule has 28 heavy (non-hydrogen) atoms. The lowest BCUT2D eigenvalue weighted by atomic mass is 10.0. The second-order valence-corrected chi connectivity index (χ2v) is 6.65. The van der Waals surface area contributed by atoms with Gasteiger partial charge in [0, 0.05) is 30.4 Å². The average Bonchev–Trinajstić information content (AvgIpc) is 3.09. The monoisotopic (exact) mass is 398 g/mol. The lowest BCUT2D eigenvalue weighted by molar-refractivity contribution is -0.129. The van der Waals surface area contributed by atoms with Gasteiger partial charge < -0.3 is 10.3 Å². The maximum atomic E-state index is 12.6. The molecule has 7 nitrogen and oxygen atoms in total. The van der Waals surface area contributed by atoms with Gasteiger partial charge in [0.15, 0.2) is 0 Å². The van der Waals surface area contributed by atoms with Crippen LogP contribution in [-0.4, -0.2) is 28.7 Å². The quantitative estimate of drug-likeness (QED) is 0.496. The number of hydrogen-bond acceptors (Lipinski definition) is 3. The number of aromatic amines is 1. The lowest BCUT2D eigenvalue weighted by Gasteiger charge is -2.19. The zero-order valence-electron chi connectivity index (χ0n) is 15.1. The van der Waals surface area contributed by atoms with Crippen molar-refractivity contribution in [3.63, 3.8) is 0 Å². The van der Waals surface area contributed by atoms with Crippen LogP contribution in [0.5, 0.6) is 0 Å². The Morgan fingerprint density at radius 3 is 2.50 bits per heavy atom. The number of hydrogen-bond donors (Lipinski definition) is 4. The van der Waals surface area contributed by atoms with Crippen LogP contribution < -0.4 is 16.2 Å². The lowest BCUT2D eigenvalue weighted by Crippen LogP contribution is -2.52. The SMILES string of the molecule is CC(=O)NNC(=O)C(Cc1c[nH]c2ccccc12)NC(=O)c1ccccc1Cl. The summed E-state index contributed by atoms with van der Waals surface area (Å²) in [5.41, 5.74) is 6.61. The molecule has 0 aliphatic rings. The topological polar surface area (TPSA) is 103 Å². The van der Waals surface area contributed by atoms with Crippen LogP contribution in [0.15, 0.2) is 54.7 Å². The fourth-order valence-electron chi connectivity index (χ4n) is 2.85. The van der Waals surface area contributed by atoms with Crippen molar-refractivity contribution in [2.75, 3.05) is 0 Å². The highest BCUT2D eigenvalue weighted by atomic mass is 35.5. The molecule has 3 amide bonds. The first-order chi connectivity index (χ1) is 13.5. The van der Waals surface area contributed by atoms with Gasteiger partial charge in [-0.05, 0) is 23.8 Å². The van der Waals surface area contributed by atoms with Gasteiger partial charge in [0.25, 0.3) is 11.8 Å². The van der Waals surface area contributed by atoms with Crippen LogP contribution in [-0.2, 0) is 16.0 Å². The van der Waals surface area contributed by atoms with Crippen LogP contribution in [0.1, 0.15) is 22.8 Å². The van der Waals surface area contributed by atoms with Crippen LogP contribution in [0.4, 0.5) is 0 Å². The number of amides is 3. The molecule has 1 atom stereocenters. The number of carbonyl (C=O) groups is 3. The third-order valence-corrected chi connectivity index (χ3v) is 4.53. The average molecular weight is 399 g/mol. The molecule has 1 aromatic heterocycles. The Kier molecular flexibility index (Phi) is 5.96. The third-order valence-electron chi connectivity index (χ3n) is 4.20. The summed E-state index contributed by atoms with van der Waals surface area (Å²) in [7, 11) is 0. The molecule has 0 radical (unpaired) electrons. The van der Waals surface area contributed by atoms with E-state index in [1.807, 2.05) is 24.3 Å². The van der Waals surface area contributed by atoms with Crippen molar-refractivity contribution in [3.05, 3.63) is 70.9 Å². The molecule has 0 spiro atoms. The maximum absolute atomic E-state index is 12.6. The van der Waals surface area contributed by atoms with Gasteiger partial charge in [-0.1, -0.05) is 41.9 Å². The van der Waals surface area contributed by atoms with Crippen molar-refractivity contribution in [1.82, 2.24) is 21.2 Å². The molecule has 3 aromatic rings. The minimum atomic E-state index is -0.921. The Morgan fingerprint density at radius 2 is 1.75 bits per heavy atom. The molecule has 0 aliphatic carbocycles. The molecule has 0 saturated carbocycles. The van der Waals surface area contributed by atoms with Gasteiger partial charge in [0.2, 0.25) is 5.91 Å². The van der Waals surface area contributed by atoms with Gasteiger partial charge in [-0.15, -0.1) is 0 Å². The van der Waals surface area contributed by atoms with E-state index in [-0.39, 0.29) is 17.0 Å². The molecular formula is C20H19ClN4O3. The number of halogens is 1. The number of carbonyl (C=O) groups excluding carboxylic acids is 3. The van der Waals surface area contributed by atoms with Crippen molar-refractivity contribution in [2.24, 2.45) is 0 Å². The van der Waals surface area contributed by atoms with E-state index in [0.29, 0.717) is 0 Å². The van der Waals surface area contributed by atoms with Crippen LogP contribution in [0.3, 0.4) is 0 Å². The Morgan fingerprint density at radius 1 is 1.04 bits per heavy atom. The number of hydrazine groups is 1. The largest absolute Gasteiger partial charge is 0.361 e. The van der Waals surface area contributed by atoms with E-state index < -0.39 is 23.8 Å². The first kappa shape index (κ1) is 19.4. The van der Waals surface area contributed by atoms with E-state index in [4.69, 9.17) is 11.6 Å². The number of para-hydroxylation sites is 1. The van der Waals surface area contributed by atoms with Gasteiger partial charge in [0.05, 0.1) is 10.6 Å². The summed E-state index contributed by atoms with van der Waals surface area (Å²) < 4.78 is 0. The summed E-state index contributed by atoms with van der Waals surface area (Å²) in [6.45, 7) is 1.28. The van der Waals surface area contributed by atoms with E-state index in [2.05, 4.69) is 21.2 Å².